The van der Waals surface area contributed by atoms with E-state index in [0.717, 1.165) is 6.07 Å². The second-order valence-electron chi connectivity index (χ2n) is 9.18. The number of hydrogen-bond acceptors (Lipinski definition) is 6. The summed E-state index contributed by atoms with van der Waals surface area (Å²) in [4.78, 5) is 30.3. The molecule has 13 heteroatoms. The number of hydrogen-bond donors (Lipinski definition) is 2. The normalized spacial score (nSPS) is 18.9. The number of thioether (sulfide) groups is 1. The van der Waals surface area contributed by atoms with Gasteiger partial charge < -0.3 is 15.7 Å². The number of nitrogens with zero attached hydrogens (tertiary/aromatic N) is 4. The first-order valence-corrected chi connectivity index (χ1v) is 12.7. The van der Waals surface area contributed by atoms with Crippen LogP contribution in [0.2, 0.25) is 5.02 Å². The third-order valence-electron chi connectivity index (χ3n) is 6.62. The lowest BCUT2D eigenvalue weighted by atomic mass is 9.89. The second kappa shape index (κ2) is 9.75. The van der Waals surface area contributed by atoms with Crippen LogP contribution in [0.3, 0.4) is 0 Å². The molecule has 8 nitrogen and oxygen atoms in total. The molecule has 1 saturated heterocycles. The first-order chi connectivity index (χ1) is 17.9. The van der Waals surface area contributed by atoms with Crippen molar-refractivity contribution in [3.63, 3.8) is 0 Å². The zero-order chi connectivity index (χ0) is 27.2. The van der Waals surface area contributed by atoms with Crippen LogP contribution in [0.15, 0.2) is 52.5 Å². The van der Waals surface area contributed by atoms with Gasteiger partial charge >= 0.3 is 12.1 Å². The minimum atomic E-state index is -4.55. The third kappa shape index (κ3) is 5.16. The first kappa shape index (κ1) is 26.3. The van der Waals surface area contributed by atoms with Gasteiger partial charge in [-0.1, -0.05) is 23.7 Å². The van der Waals surface area contributed by atoms with E-state index in [9.17, 15) is 27.9 Å². The Morgan fingerprint density at radius 3 is 2.63 bits per heavy atom. The highest BCUT2D eigenvalue weighted by molar-refractivity contribution is 8.18. The fourth-order valence-electron chi connectivity index (χ4n) is 4.43. The van der Waals surface area contributed by atoms with E-state index in [4.69, 9.17) is 17.3 Å². The SMILES string of the molecule is NC1(C(=O)O)CCN(C2=NC(=O)/C(=C/c3ccc4c(cnn4Cc4ccc(Cl)cc4C(F)(F)F)c3)S2)CC1. The van der Waals surface area contributed by atoms with Gasteiger partial charge in [0.25, 0.3) is 5.91 Å². The van der Waals surface area contributed by atoms with Crippen molar-refractivity contribution in [2.75, 3.05) is 13.1 Å². The Labute approximate surface area is 223 Å². The van der Waals surface area contributed by atoms with E-state index >= 15 is 0 Å². The van der Waals surface area contributed by atoms with Gasteiger partial charge in [0.15, 0.2) is 5.17 Å². The molecule has 0 bridgehead atoms. The van der Waals surface area contributed by atoms with Crippen molar-refractivity contribution >= 4 is 57.4 Å². The molecule has 0 saturated carbocycles. The fourth-order valence-corrected chi connectivity index (χ4v) is 5.57. The number of carboxylic acid groups (broad SMARTS) is 1. The smallest absolute Gasteiger partial charge is 0.416 e. The van der Waals surface area contributed by atoms with Crippen molar-refractivity contribution in [1.82, 2.24) is 14.7 Å². The van der Waals surface area contributed by atoms with Crippen LogP contribution in [0, 0.1) is 0 Å². The standard InChI is InChI=1S/C25H21ClF3N5O3S/c26-17-3-2-15(18(11-17)25(27,28)29)13-34-19-4-1-14(9-16(19)12-31-34)10-20-21(35)32-23(38-20)33-7-5-24(30,6-8-33)22(36)37/h1-4,9-12H,5-8,13,30H2,(H,36,37)/b20-10-. The number of aliphatic imine (C=N–C) groups is 1. The number of carbonyl (C=O) groups is 2. The third-order valence-corrected chi connectivity index (χ3v) is 7.90. The Morgan fingerprint density at radius 1 is 1.21 bits per heavy atom. The Kier molecular flexibility index (Phi) is 6.74. The Bertz CT molecular complexity index is 1510. The number of fused-ring (bicyclic) bond motifs is 1. The molecule has 38 heavy (non-hydrogen) atoms. The summed E-state index contributed by atoms with van der Waals surface area (Å²) in [6.45, 7) is 0.664. The number of alkyl halides is 3. The molecule has 3 heterocycles. The van der Waals surface area contributed by atoms with Crippen LogP contribution >= 0.6 is 23.4 Å². The van der Waals surface area contributed by atoms with Gasteiger partial charge in [-0.2, -0.15) is 23.3 Å². The predicted octanol–water partition coefficient (Wildman–Crippen LogP) is 4.61. The maximum absolute atomic E-state index is 13.5. The van der Waals surface area contributed by atoms with E-state index in [1.165, 1.54) is 28.6 Å². The minimum absolute atomic E-state index is 0.00332. The number of likely N-dealkylation sites (tertiary alicyclic amines) is 1. The molecule has 2 aliphatic rings. The van der Waals surface area contributed by atoms with Crippen molar-refractivity contribution in [3.05, 3.63) is 69.2 Å². The number of carboxylic acids is 1. The van der Waals surface area contributed by atoms with Crippen molar-refractivity contribution < 1.29 is 27.9 Å². The summed E-state index contributed by atoms with van der Waals surface area (Å²) in [6.07, 6.45) is -0.809. The average molecular weight is 564 g/mol. The number of carbonyl (C=O) groups excluding carboxylic acids is 1. The van der Waals surface area contributed by atoms with Gasteiger partial charge in [-0.15, -0.1) is 0 Å². The van der Waals surface area contributed by atoms with Crippen LogP contribution in [0.1, 0.15) is 29.5 Å². The lowest BCUT2D eigenvalue weighted by Gasteiger charge is -2.36. The molecule has 1 amide bonds. The maximum atomic E-state index is 13.5. The van der Waals surface area contributed by atoms with Gasteiger partial charge in [0.1, 0.15) is 5.54 Å². The average Bonchev–Trinajstić information content (AvgIpc) is 3.42. The molecule has 3 aromatic rings. The number of aliphatic carboxylic acids is 1. The van der Waals surface area contributed by atoms with Crippen LogP contribution in [-0.4, -0.2) is 55.5 Å². The summed E-state index contributed by atoms with van der Waals surface area (Å²) in [7, 11) is 0. The molecule has 2 aliphatic heterocycles. The molecule has 0 spiro atoms. The number of amidine groups is 1. The van der Waals surface area contributed by atoms with Crippen LogP contribution in [0.5, 0.6) is 0 Å². The van der Waals surface area contributed by atoms with Crippen molar-refractivity contribution in [3.8, 4) is 0 Å². The number of halogens is 4. The number of amides is 1. The highest BCUT2D eigenvalue weighted by atomic mass is 35.5. The van der Waals surface area contributed by atoms with Crippen LogP contribution in [0.4, 0.5) is 13.2 Å². The number of rotatable bonds is 4. The van der Waals surface area contributed by atoms with Gasteiger partial charge in [-0.25, -0.2) is 0 Å². The molecule has 198 valence electrons. The summed E-state index contributed by atoms with van der Waals surface area (Å²) < 4.78 is 42.0. The number of piperidine rings is 1. The van der Waals surface area contributed by atoms with Gasteiger partial charge in [0.05, 0.1) is 28.7 Å². The number of nitrogens with two attached hydrogens (primary N) is 1. The molecule has 0 unspecified atom stereocenters. The zero-order valence-corrected chi connectivity index (χ0v) is 21.3. The molecule has 5 rings (SSSR count). The van der Waals surface area contributed by atoms with Crippen molar-refractivity contribution in [2.24, 2.45) is 10.7 Å². The van der Waals surface area contributed by atoms with Gasteiger partial charge in [0, 0.05) is 23.5 Å². The van der Waals surface area contributed by atoms with E-state index in [0.29, 0.717) is 39.6 Å². The minimum Gasteiger partial charge on any atom is -0.480 e. The number of aromatic nitrogens is 2. The van der Waals surface area contributed by atoms with E-state index in [2.05, 4.69) is 10.1 Å². The van der Waals surface area contributed by atoms with Crippen LogP contribution < -0.4 is 5.73 Å². The molecule has 1 aromatic heterocycles. The largest absolute Gasteiger partial charge is 0.480 e. The topological polar surface area (TPSA) is 114 Å². The summed E-state index contributed by atoms with van der Waals surface area (Å²) >= 11 is 6.99. The Morgan fingerprint density at radius 2 is 1.95 bits per heavy atom. The molecule has 3 N–H and O–H groups in total. The van der Waals surface area contributed by atoms with Gasteiger partial charge in [-0.05, 0) is 66.1 Å². The van der Waals surface area contributed by atoms with E-state index in [1.54, 1.807) is 30.5 Å². The fraction of sp³-hybridized carbons (Fsp3) is 0.280. The summed E-state index contributed by atoms with van der Waals surface area (Å²) in [5.41, 5.74) is 5.23. The Balaban J connectivity index is 1.32. The van der Waals surface area contributed by atoms with E-state index in [1.807, 2.05) is 4.90 Å². The summed E-state index contributed by atoms with van der Waals surface area (Å²) in [6, 6.07) is 8.94. The summed E-state index contributed by atoms with van der Waals surface area (Å²) in [5.74, 6) is -1.44. The predicted molar refractivity (Wildman–Crippen MR) is 139 cm³/mol. The molecule has 0 radical (unpaired) electrons. The molecule has 0 atom stereocenters. The van der Waals surface area contributed by atoms with Crippen LogP contribution in [0.25, 0.3) is 17.0 Å². The quantitative estimate of drug-likeness (QED) is 0.446. The van der Waals surface area contributed by atoms with Crippen molar-refractivity contribution in [1.29, 1.82) is 0 Å². The molecular weight excluding hydrogens is 543 g/mol. The number of benzene rings is 2. The lowest BCUT2D eigenvalue weighted by Crippen LogP contribution is -2.56. The molecule has 2 aromatic carbocycles. The van der Waals surface area contributed by atoms with E-state index in [-0.39, 0.29) is 30.0 Å². The van der Waals surface area contributed by atoms with Crippen molar-refractivity contribution in [2.45, 2.75) is 31.1 Å². The molecule has 0 aliphatic carbocycles. The molecule has 1 fully saturated rings. The van der Waals surface area contributed by atoms with E-state index < -0.39 is 29.2 Å². The highest BCUT2D eigenvalue weighted by Crippen LogP contribution is 2.35. The zero-order valence-electron chi connectivity index (χ0n) is 19.7. The second-order valence-corrected chi connectivity index (χ2v) is 10.6. The lowest BCUT2D eigenvalue weighted by molar-refractivity contribution is -0.145. The maximum Gasteiger partial charge on any atom is 0.416 e. The highest BCUT2D eigenvalue weighted by Gasteiger charge is 2.39. The van der Waals surface area contributed by atoms with Gasteiger partial charge in [-0.3, -0.25) is 14.3 Å². The monoisotopic (exact) mass is 563 g/mol. The van der Waals surface area contributed by atoms with Gasteiger partial charge in [0.2, 0.25) is 0 Å². The van der Waals surface area contributed by atoms with Crippen LogP contribution in [-0.2, 0) is 22.3 Å². The molecular formula is C25H21ClF3N5O3S. The first-order valence-electron chi connectivity index (χ1n) is 11.5. The summed E-state index contributed by atoms with van der Waals surface area (Å²) in [5, 5.41) is 14.8. The Hall–Kier alpha value is -3.35.